The van der Waals surface area contributed by atoms with Crippen LogP contribution in [0.3, 0.4) is 0 Å². The van der Waals surface area contributed by atoms with Crippen LogP contribution in [0, 0.1) is 0 Å². The van der Waals surface area contributed by atoms with Crippen LogP contribution in [0.4, 0.5) is 16.5 Å². The van der Waals surface area contributed by atoms with Gasteiger partial charge in [0.25, 0.3) is 0 Å². The second-order valence-electron chi connectivity index (χ2n) is 6.95. The second kappa shape index (κ2) is 9.63. The summed E-state index contributed by atoms with van der Waals surface area (Å²) in [5.41, 5.74) is 8.82. The van der Waals surface area contributed by atoms with Crippen molar-refractivity contribution in [1.29, 1.82) is 0 Å². The molecule has 160 valence electrons. The summed E-state index contributed by atoms with van der Waals surface area (Å²) in [6.45, 7) is 2.96. The van der Waals surface area contributed by atoms with Gasteiger partial charge in [-0.3, -0.25) is 4.79 Å². The van der Waals surface area contributed by atoms with E-state index >= 15 is 0 Å². The van der Waals surface area contributed by atoms with E-state index in [0.717, 1.165) is 40.1 Å². The molecule has 0 radical (unpaired) electrons. The molecule has 3 N–H and O–H groups in total. The van der Waals surface area contributed by atoms with E-state index in [1.165, 1.54) is 6.08 Å². The molecule has 1 aliphatic heterocycles. The van der Waals surface area contributed by atoms with E-state index in [9.17, 15) is 4.79 Å². The highest BCUT2D eigenvalue weighted by atomic mass is 32.1. The fraction of sp³-hybridized carbons (Fsp3) is 0.217. The number of anilines is 3. The van der Waals surface area contributed by atoms with E-state index in [1.54, 1.807) is 36.7 Å². The lowest BCUT2D eigenvalue weighted by Crippen LogP contribution is -2.36. The van der Waals surface area contributed by atoms with Gasteiger partial charge >= 0.3 is 0 Å². The van der Waals surface area contributed by atoms with Gasteiger partial charge in [-0.1, -0.05) is 23.5 Å². The zero-order chi connectivity index (χ0) is 21.6. The number of amides is 1. The number of nitrogens with zero attached hydrogens (tertiary/aromatic N) is 2. The van der Waals surface area contributed by atoms with Gasteiger partial charge in [0.1, 0.15) is 5.75 Å². The fourth-order valence-corrected chi connectivity index (χ4v) is 4.26. The number of rotatable bonds is 6. The Morgan fingerprint density at radius 2 is 1.94 bits per heavy atom. The SMILES string of the molecule is COc1ccc(-c2nc(N3CCOCC3)sc2/C=C/C(=O)Nc2ccccc2N)cc1. The molecule has 0 aliphatic carbocycles. The van der Waals surface area contributed by atoms with Gasteiger partial charge in [0.05, 0.1) is 42.3 Å². The number of nitrogen functional groups attached to an aromatic ring is 1. The van der Waals surface area contributed by atoms with Crippen LogP contribution in [0.1, 0.15) is 4.88 Å². The van der Waals surface area contributed by atoms with Crippen LogP contribution in [0.15, 0.2) is 54.6 Å². The lowest BCUT2D eigenvalue weighted by Gasteiger charge is -2.26. The van der Waals surface area contributed by atoms with Crippen LogP contribution < -0.4 is 20.7 Å². The van der Waals surface area contributed by atoms with Crippen molar-refractivity contribution in [3.05, 3.63) is 59.5 Å². The Hall–Kier alpha value is -3.36. The van der Waals surface area contributed by atoms with E-state index in [0.29, 0.717) is 24.6 Å². The largest absolute Gasteiger partial charge is 0.497 e. The molecular weight excluding hydrogens is 412 g/mol. The Morgan fingerprint density at radius 1 is 1.19 bits per heavy atom. The number of carbonyl (C=O) groups is 1. The minimum absolute atomic E-state index is 0.250. The van der Waals surface area contributed by atoms with Gasteiger partial charge in [-0.25, -0.2) is 4.98 Å². The number of aromatic nitrogens is 1. The van der Waals surface area contributed by atoms with E-state index < -0.39 is 0 Å². The fourth-order valence-electron chi connectivity index (χ4n) is 3.22. The topological polar surface area (TPSA) is 89.7 Å². The molecule has 7 nitrogen and oxygen atoms in total. The molecule has 0 bridgehead atoms. The maximum atomic E-state index is 12.5. The summed E-state index contributed by atoms with van der Waals surface area (Å²) in [5, 5.41) is 3.73. The third-order valence-electron chi connectivity index (χ3n) is 4.89. The van der Waals surface area contributed by atoms with Gasteiger partial charge in [0.15, 0.2) is 5.13 Å². The quantitative estimate of drug-likeness (QED) is 0.450. The van der Waals surface area contributed by atoms with Crippen molar-refractivity contribution in [2.75, 3.05) is 49.4 Å². The van der Waals surface area contributed by atoms with Crippen molar-refractivity contribution in [2.24, 2.45) is 0 Å². The number of hydrogen-bond donors (Lipinski definition) is 2. The monoisotopic (exact) mass is 436 g/mol. The van der Waals surface area contributed by atoms with Crippen LogP contribution >= 0.6 is 11.3 Å². The highest BCUT2D eigenvalue weighted by molar-refractivity contribution is 7.17. The summed E-state index contributed by atoms with van der Waals surface area (Å²) in [4.78, 5) is 20.5. The highest BCUT2D eigenvalue weighted by Gasteiger charge is 2.19. The average Bonchev–Trinajstić information content (AvgIpc) is 3.24. The molecule has 1 amide bonds. The maximum Gasteiger partial charge on any atom is 0.248 e. The summed E-state index contributed by atoms with van der Waals surface area (Å²) in [7, 11) is 1.64. The first-order chi connectivity index (χ1) is 15.1. The lowest BCUT2D eigenvalue weighted by molar-refractivity contribution is -0.111. The van der Waals surface area contributed by atoms with E-state index in [4.69, 9.17) is 20.2 Å². The Bertz CT molecular complexity index is 1070. The molecule has 1 saturated heterocycles. The van der Waals surface area contributed by atoms with Crippen molar-refractivity contribution >= 4 is 39.8 Å². The lowest BCUT2D eigenvalue weighted by atomic mass is 10.1. The second-order valence-corrected chi connectivity index (χ2v) is 7.96. The van der Waals surface area contributed by atoms with Crippen molar-refractivity contribution < 1.29 is 14.3 Å². The number of morpholine rings is 1. The normalized spacial score (nSPS) is 14.0. The first kappa shape index (κ1) is 20.9. The third-order valence-corrected chi connectivity index (χ3v) is 5.97. The summed E-state index contributed by atoms with van der Waals surface area (Å²) < 4.78 is 10.7. The van der Waals surface area contributed by atoms with Crippen molar-refractivity contribution in [2.45, 2.75) is 0 Å². The van der Waals surface area contributed by atoms with Gasteiger partial charge in [0.2, 0.25) is 5.91 Å². The molecule has 8 heteroatoms. The molecule has 0 atom stereocenters. The maximum absolute atomic E-state index is 12.5. The van der Waals surface area contributed by atoms with Crippen molar-refractivity contribution in [3.63, 3.8) is 0 Å². The Kier molecular flexibility index (Phi) is 6.49. The van der Waals surface area contributed by atoms with Crippen LogP contribution in [0.2, 0.25) is 0 Å². The van der Waals surface area contributed by atoms with Gasteiger partial charge in [0, 0.05) is 24.7 Å². The summed E-state index contributed by atoms with van der Waals surface area (Å²) in [5.74, 6) is 0.532. The number of nitrogens with two attached hydrogens (primary N) is 1. The molecule has 3 aromatic rings. The number of carbonyl (C=O) groups excluding carboxylic acids is 1. The van der Waals surface area contributed by atoms with Gasteiger partial charge in [-0.15, -0.1) is 0 Å². The first-order valence-corrected chi connectivity index (χ1v) is 10.8. The van der Waals surface area contributed by atoms with E-state index in [2.05, 4.69) is 10.2 Å². The van der Waals surface area contributed by atoms with Crippen molar-refractivity contribution in [3.8, 4) is 17.0 Å². The van der Waals surface area contributed by atoms with Crippen molar-refractivity contribution in [1.82, 2.24) is 4.98 Å². The molecule has 31 heavy (non-hydrogen) atoms. The highest BCUT2D eigenvalue weighted by Crippen LogP contribution is 2.35. The summed E-state index contributed by atoms with van der Waals surface area (Å²) in [6.07, 6.45) is 3.31. The number of ether oxygens (including phenoxy) is 2. The third kappa shape index (κ3) is 5.04. The molecule has 2 heterocycles. The molecule has 1 aliphatic rings. The number of benzene rings is 2. The summed E-state index contributed by atoms with van der Waals surface area (Å²) in [6, 6.07) is 14.9. The molecule has 4 rings (SSSR count). The zero-order valence-corrected chi connectivity index (χ0v) is 18.0. The number of para-hydroxylation sites is 2. The minimum atomic E-state index is -0.250. The average molecular weight is 437 g/mol. The number of methoxy groups -OCH3 is 1. The van der Waals surface area contributed by atoms with E-state index in [-0.39, 0.29) is 5.91 Å². The minimum Gasteiger partial charge on any atom is -0.497 e. The molecule has 1 fully saturated rings. The van der Waals surface area contributed by atoms with E-state index in [1.807, 2.05) is 36.4 Å². The van der Waals surface area contributed by atoms with Gasteiger partial charge in [-0.05, 0) is 42.5 Å². The van der Waals surface area contributed by atoms with Gasteiger partial charge < -0.3 is 25.4 Å². The predicted molar refractivity (Wildman–Crippen MR) is 126 cm³/mol. The molecule has 2 aromatic carbocycles. The molecular formula is C23H24N4O3S. The molecule has 0 saturated carbocycles. The standard InChI is InChI=1S/C23H24N4O3S/c1-29-17-8-6-16(7-9-17)22-20(31-23(26-22)27-12-14-30-15-13-27)10-11-21(28)25-19-5-3-2-4-18(19)24/h2-11H,12-15,24H2,1H3,(H,25,28)/b11-10+. The molecule has 0 unspecified atom stereocenters. The Balaban J connectivity index is 1.61. The van der Waals surface area contributed by atoms with Crippen LogP contribution in [-0.2, 0) is 9.53 Å². The smallest absolute Gasteiger partial charge is 0.248 e. The number of hydrogen-bond acceptors (Lipinski definition) is 7. The number of thiazole rings is 1. The molecule has 0 spiro atoms. The van der Waals surface area contributed by atoms with Gasteiger partial charge in [-0.2, -0.15) is 0 Å². The first-order valence-electron chi connectivity index (χ1n) is 9.95. The molecule has 1 aromatic heterocycles. The predicted octanol–water partition coefficient (Wildman–Crippen LogP) is 3.89. The van der Waals surface area contributed by atoms with Crippen LogP contribution in [-0.4, -0.2) is 44.3 Å². The Morgan fingerprint density at radius 3 is 2.65 bits per heavy atom. The van der Waals surface area contributed by atoms with Crippen LogP contribution in [0.25, 0.3) is 17.3 Å². The summed E-state index contributed by atoms with van der Waals surface area (Å²) >= 11 is 1.56. The van der Waals surface area contributed by atoms with Crippen LogP contribution in [0.5, 0.6) is 5.75 Å². The zero-order valence-electron chi connectivity index (χ0n) is 17.2. The number of nitrogens with one attached hydrogen (secondary N) is 1. The Labute approximate surface area is 185 Å².